The van der Waals surface area contributed by atoms with Gasteiger partial charge in [0.2, 0.25) is 5.91 Å². The maximum atomic E-state index is 12.8. The molecule has 1 atom stereocenters. The molecule has 126 valence electrons. The summed E-state index contributed by atoms with van der Waals surface area (Å²) in [5.74, 6) is 1.04. The summed E-state index contributed by atoms with van der Waals surface area (Å²) in [5.41, 5.74) is 2.27. The SMILES string of the molecule is COc1ccccc1C1CNCCN1C(=O)CCc1ccccc1. The lowest BCUT2D eigenvalue weighted by Gasteiger charge is -2.37. The average molecular weight is 324 g/mol. The van der Waals surface area contributed by atoms with E-state index >= 15 is 0 Å². The molecule has 0 aromatic heterocycles. The van der Waals surface area contributed by atoms with Crippen molar-refractivity contribution in [3.05, 3.63) is 65.7 Å². The predicted molar refractivity (Wildman–Crippen MR) is 95.1 cm³/mol. The smallest absolute Gasteiger partial charge is 0.223 e. The number of nitrogens with zero attached hydrogens (tertiary/aromatic N) is 1. The highest BCUT2D eigenvalue weighted by Crippen LogP contribution is 2.30. The van der Waals surface area contributed by atoms with Crippen LogP contribution in [0.15, 0.2) is 54.6 Å². The fraction of sp³-hybridized carbons (Fsp3) is 0.350. The van der Waals surface area contributed by atoms with Crippen LogP contribution in [-0.2, 0) is 11.2 Å². The van der Waals surface area contributed by atoms with E-state index in [1.807, 2.05) is 47.4 Å². The van der Waals surface area contributed by atoms with Crippen LogP contribution in [0.4, 0.5) is 0 Å². The van der Waals surface area contributed by atoms with Crippen molar-refractivity contribution in [2.45, 2.75) is 18.9 Å². The molecule has 1 aliphatic rings. The Morgan fingerprint density at radius 3 is 2.71 bits per heavy atom. The van der Waals surface area contributed by atoms with Crippen molar-refractivity contribution in [2.24, 2.45) is 0 Å². The highest BCUT2D eigenvalue weighted by atomic mass is 16.5. The van der Waals surface area contributed by atoms with E-state index in [2.05, 4.69) is 17.4 Å². The van der Waals surface area contributed by atoms with E-state index in [1.54, 1.807) is 7.11 Å². The van der Waals surface area contributed by atoms with Crippen LogP contribution in [0.1, 0.15) is 23.6 Å². The normalized spacial score (nSPS) is 17.5. The van der Waals surface area contributed by atoms with Crippen LogP contribution < -0.4 is 10.1 Å². The van der Waals surface area contributed by atoms with Gasteiger partial charge in [0.15, 0.2) is 0 Å². The molecule has 4 heteroatoms. The Kier molecular flexibility index (Phi) is 5.49. The number of para-hydroxylation sites is 1. The minimum absolute atomic E-state index is 0.0261. The first-order chi connectivity index (χ1) is 11.8. The van der Waals surface area contributed by atoms with E-state index in [0.29, 0.717) is 6.42 Å². The summed E-state index contributed by atoms with van der Waals surface area (Å²) in [6.45, 7) is 2.33. The lowest BCUT2D eigenvalue weighted by Crippen LogP contribution is -2.48. The summed E-state index contributed by atoms with van der Waals surface area (Å²) in [6, 6.07) is 18.2. The van der Waals surface area contributed by atoms with E-state index < -0.39 is 0 Å². The van der Waals surface area contributed by atoms with Crippen molar-refractivity contribution in [2.75, 3.05) is 26.7 Å². The highest BCUT2D eigenvalue weighted by molar-refractivity contribution is 5.77. The third kappa shape index (κ3) is 3.77. The van der Waals surface area contributed by atoms with Crippen LogP contribution in [0.25, 0.3) is 0 Å². The van der Waals surface area contributed by atoms with Crippen molar-refractivity contribution in [3.63, 3.8) is 0 Å². The second-order valence-electron chi connectivity index (χ2n) is 6.03. The van der Waals surface area contributed by atoms with Crippen LogP contribution in [0.2, 0.25) is 0 Å². The van der Waals surface area contributed by atoms with E-state index in [9.17, 15) is 4.79 Å². The molecule has 0 aliphatic carbocycles. The number of hydrogen-bond acceptors (Lipinski definition) is 3. The standard InChI is InChI=1S/C20H24N2O2/c1-24-19-10-6-5-9-17(19)18-15-21-13-14-22(18)20(23)12-11-16-7-3-2-4-8-16/h2-10,18,21H,11-15H2,1H3. The van der Waals surface area contributed by atoms with Gasteiger partial charge in [0.1, 0.15) is 5.75 Å². The molecule has 1 N–H and O–H groups in total. The number of piperazine rings is 1. The van der Waals surface area contributed by atoms with Gasteiger partial charge in [0.05, 0.1) is 13.2 Å². The quantitative estimate of drug-likeness (QED) is 0.919. The van der Waals surface area contributed by atoms with Crippen LogP contribution in [0.3, 0.4) is 0 Å². The molecule has 2 aromatic carbocycles. The summed E-state index contributed by atoms with van der Waals surface area (Å²) >= 11 is 0. The number of methoxy groups -OCH3 is 1. The van der Waals surface area contributed by atoms with Gasteiger partial charge in [0.25, 0.3) is 0 Å². The zero-order valence-electron chi connectivity index (χ0n) is 14.1. The van der Waals surface area contributed by atoms with Crippen LogP contribution in [0, 0.1) is 0 Å². The molecule has 1 fully saturated rings. The molecule has 1 aliphatic heterocycles. The number of nitrogens with one attached hydrogen (secondary N) is 1. The highest BCUT2D eigenvalue weighted by Gasteiger charge is 2.29. The molecule has 1 saturated heterocycles. The van der Waals surface area contributed by atoms with Gasteiger partial charge >= 0.3 is 0 Å². The van der Waals surface area contributed by atoms with Crippen molar-refractivity contribution in [3.8, 4) is 5.75 Å². The number of carbonyl (C=O) groups excluding carboxylic acids is 1. The minimum atomic E-state index is 0.0261. The molecule has 0 spiro atoms. The van der Waals surface area contributed by atoms with Gasteiger partial charge in [-0.3, -0.25) is 4.79 Å². The van der Waals surface area contributed by atoms with E-state index in [1.165, 1.54) is 5.56 Å². The van der Waals surface area contributed by atoms with Gasteiger partial charge in [-0.1, -0.05) is 48.5 Å². The third-order valence-corrected chi connectivity index (χ3v) is 4.53. The lowest BCUT2D eigenvalue weighted by atomic mass is 10.0. The Morgan fingerprint density at radius 1 is 1.17 bits per heavy atom. The van der Waals surface area contributed by atoms with Gasteiger partial charge in [0, 0.05) is 31.6 Å². The first-order valence-corrected chi connectivity index (χ1v) is 8.46. The molecule has 0 saturated carbocycles. The molecule has 1 amide bonds. The third-order valence-electron chi connectivity index (χ3n) is 4.53. The van der Waals surface area contributed by atoms with E-state index in [0.717, 1.165) is 37.4 Å². The van der Waals surface area contributed by atoms with Crippen LogP contribution >= 0.6 is 0 Å². The van der Waals surface area contributed by atoms with Gasteiger partial charge in [-0.05, 0) is 18.1 Å². The zero-order valence-corrected chi connectivity index (χ0v) is 14.1. The predicted octanol–water partition coefficient (Wildman–Crippen LogP) is 2.80. The number of benzene rings is 2. The Balaban J connectivity index is 1.73. The number of rotatable bonds is 5. The summed E-state index contributed by atoms with van der Waals surface area (Å²) < 4.78 is 5.49. The lowest BCUT2D eigenvalue weighted by molar-refractivity contribution is -0.134. The molecule has 0 radical (unpaired) electrons. The number of hydrogen-bond donors (Lipinski definition) is 1. The van der Waals surface area contributed by atoms with Crippen LogP contribution in [0.5, 0.6) is 5.75 Å². The molecule has 24 heavy (non-hydrogen) atoms. The molecule has 4 nitrogen and oxygen atoms in total. The molecular weight excluding hydrogens is 300 g/mol. The molecular formula is C20H24N2O2. The van der Waals surface area contributed by atoms with E-state index in [-0.39, 0.29) is 11.9 Å². The monoisotopic (exact) mass is 324 g/mol. The fourth-order valence-electron chi connectivity index (χ4n) is 3.26. The fourth-order valence-corrected chi connectivity index (χ4v) is 3.26. The second-order valence-corrected chi connectivity index (χ2v) is 6.03. The number of amides is 1. The van der Waals surface area contributed by atoms with Crippen molar-refractivity contribution in [1.82, 2.24) is 10.2 Å². The summed E-state index contributed by atoms with van der Waals surface area (Å²) in [5, 5.41) is 3.39. The zero-order chi connectivity index (χ0) is 16.8. The Morgan fingerprint density at radius 2 is 1.92 bits per heavy atom. The first-order valence-electron chi connectivity index (χ1n) is 8.46. The second kappa shape index (κ2) is 7.97. The summed E-state index contributed by atoms with van der Waals surface area (Å²) in [6.07, 6.45) is 1.32. The molecule has 3 rings (SSSR count). The van der Waals surface area contributed by atoms with Crippen molar-refractivity contribution < 1.29 is 9.53 Å². The number of aryl methyl sites for hydroxylation is 1. The number of carbonyl (C=O) groups is 1. The summed E-state index contributed by atoms with van der Waals surface area (Å²) in [4.78, 5) is 14.8. The van der Waals surface area contributed by atoms with Crippen molar-refractivity contribution >= 4 is 5.91 Å². The maximum absolute atomic E-state index is 12.8. The van der Waals surface area contributed by atoms with Crippen molar-refractivity contribution in [1.29, 1.82) is 0 Å². The van der Waals surface area contributed by atoms with Gasteiger partial charge in [-0.2, -0.15) is 0 Å². The van der Waals surface area contributed by atoms with Gasteiger partial charge < -0.3 is 15.0 Å². The number of ether oxygens (including phenoxy) is 1. The Hall–Kier alpha value is -2.33. The minimum Gasteiger partial charge on any atom is -0.496 e. The molecule has 1 heterocycles. The molecule has 1 unspecified atom stereocenters. The topological polar surface area (TPSA) is 41.6 Å². The summed E-state index contributed by atoms with van der Waals surface area (Å²) in [7, 11) is 1.68. The Bertz CT molecular complexity index is 672. The molecule has 0 bridgehead atoms. The largest absolute Gasteiger partial charge is 0.496 e. The van der Waals surface area contributed by atoms with E-state index in [4.69, 9.17) is 4.74 Å². The van der Waals surface area contributed by atoms with Crippen LogP contribution in [-0.4, -0.2) is 37.6 Å². The van der Waals surface area contributed by atoms with Gasteiger partial charge in [-0.25, -0.2) is 0 Å². The Labute approximate surface area is 143 Å². The maximum Gasteiger partial charge on any atom is 0.223 e. The molecule has 2 aromatic rings. The van der Waals surface area contributed by atoms with Gasteiger partial charge in [-0.15, -0.1) is 0 Å². The average Bonchev–Trinajstić information content (AvgIpc) is 2.67. The first kappa shape index (κ1) is 16.5.